The van der Waals surface area contributed by atoms with Gasteiger partial charge in [-0.25, -0.2) is 18.7 Å². The number of hydrogen-bond donors (Lipinski definition) is 3. The van der Waals surface area contributed by atoms with Gasteiger partial charge in [-0.15, -0.1) is 0 Å². The van der Waals surface area contributed by atoms with E-state index in [0.29, 0.717) is 40.9 Å². The number of halogens is 2. The number of aliphatic hydroxyl groups excluding tert-OH is 1. The number of amides is 1. The summed E-state index contributed by atoms with van der Waals surface area (Å²) in [5.74, 6) is -1.62. The molecule has 0 radical (unpaired) electrons. The maximum Gasteiger partial charge on any atom is 0.274 e. The van der Waals surface area contributed by atoms with Crippen molar-refractivity contribution < 1.29 is 23.4 Å². The summed E-state index contributed by atoms with van der Waals surface area (Å²) in [6, 6.07) is 16.8. The van der Waals surface area contributed by atoms with E-state index in [4.69, 9.17) is 10.5 Å². The Labute approximate surface area is 250 Å². The number of carbonyl (C=O) groups is 1. The maximum atomic E-state index is 14.7. The predicted molar refractivity (Wildman–Crippen MR) is 161 cm³/mol. The van der Waals surface area contributed by atoms with Gasteiger partial charge in [0.15, 0.2) is 5.82 Å². The van der Waals surface area contributed by atoms with Crippen molar-refractivity contribution in [3.63, 3.8) is 0 Å². The molecule has 3 heterocycles. The Morgan fingerprint density at radius 2 is 1.95 bits per heavy atom. The van der Waals surface area contributed by atoms with Crippen molar-refractivity contribution in [2.24, 2.45) is 5.73 Å². The molecule has 10 nitrogen and oxygen atoms in total. The van der Waals surface area contributed by atoms with Crippen LogP contribution < -0.4 is 20.7 Å². The first-order chi connectivity index (χ1) is 21.3. The molecule has 2 atom stereocenters. The van der Waals surface area contributed by atoms with Crippen LogP contribution in [0.4, 0.5) is 20.2 Å². The standard InChI is InChI=1S/C32H27F2N7O3/c1-44-28-7-3-5-23(34)29(28)31-37-12-10-25(38-31)32(43)39-24-8-9-27-20(30(24)41-16-18(36)14-19(41)17-42)11-13-40(27)26-6-2-4-22(33)21(26)15-35/h2-13,18-19,42H,14,16-17,36H2,1H3,(H,39,43)/t18-,19-/m0/s1. The lowest BCUT2D eigenvalue weighted by Crippen LogP contribution is -2.34. The first-order valence-corrected chi connectivity index (χ1v) is 13.8. The van der Waals surface area contributed by atoms with Crippen LogP contribution in [0, 0.1) is 23.0 Å². The number of nitrogens with one attached hydrogen (secondary N) is 1. The lowest BCUT2D eigenvalue weighted by molar-refractivity contribution is 0.102. The van der Waals surface area contributed by atoms with E-state index in [1.807, 2.05) is 11.0 Å². The Morgan fingerprint density at radius 3 is 2.73 bits per heavy atom. The van der Waals surface area contributed by atoms with Crippen molar-refractivity contribution in [1.82, 2.24) is 14.5 Å². The number of benzene rings is 3. The van der Waals surface area contributed by atoms with Gasteiger partial charge in [-0.2, -0.15) is 5.26 Å². The SMILES string of the molecule is COc1cccc(F)c1-c1nccc(C(=O)Nc2ccc3c(ccn3-c3cccc(F)c3C#N)c2N2C[C@@H](N)C[C@H]2CO)n1. The van der Waals surface area contributed by atoms with Crippen molar-refractivity contribution >= 4 is 28.2 Å². The van der Waals surface area contributed by atoms with E-state index in [1.165, 1.54) is 43.6 Å². The molecule has 5 aromatic rings. The average molecular weight is 596 g/mol. The Morgan fingerprint density at radius 1 is 1.16 bits per heavy atom. The zero-order valence-corrected chi connectivity index (χ0v) is 23.5. The van der Waals surface area contributed by atoms with Crippen LogP contribution in [-0.4, -0.2) is 57.9 Å². The van der Waals surface area contributed by atoms with Gasteiger partial charge < -0.3 is 30.4 Å². The second kappa shape index (κ2) is 11.7. The number of carbonyl (C=O) groups excluding carboxylic acids is 1. The zero-order valence-electron chi connectivity index (χ0n) is 23.5. The van der Waals surface area contributed by atoms with Gasteiger partial charge in [0.2, 0.25) is 0 Å². The van der Waals surface area contributed by atoms with Gasteiger partial charge in [0.1, 0.15) is 34.7 Å². The first kappa shape index (κ1) is 28.7. The maximum absolute atomic E-state index is 14.7. The van der Waals surface area contributed by atoms with Crippen LogP contribution in [0.3, 0.4) is 0 Å². The lowest BCUT2D eigenvalue weighted by Gasteiger charge is -2.28. The van der Waals surface area contributed by atoms with Crippen molar-refractivity contribution in [3.05, 3.63) is 95.9 Å². The average Bonchev–Trinajstić information content (AvgIpc) is 3.63. The molecule has 1 fully saturated rings. The minimum atomic E-state index is -0.640. The minimum Gasteiger partial charge on any atom is -0.496 e. The summed E-state index contributed by atoms with van der Waals surface area (Å²) in [5, 5.41) is 23.4. The molecular weight excluding hydrogens is 568 g/mol. The van der Waals surface area contributed by atoms with Crippen LogP contribution in [0.25, 0.3) is 28.0 Å². The second-order valence-electron chi connectivity index (χ2n) is 10.3. The number of methoxy groups -OCH3 is 1. The van der Waals surface area contributed by atoms with Crippen molar-refractivity contribution in [2.75, 3.05) is 30.5 Å². The minimum absolute atomic E-state index is 0.0147. The van der Waals surface area contributed by atoms with Gasteiger partial charge in [0, 0.05) is 30.4 Å². The van der Waals surface area contributed by atoms with E-state index in [9.17, 15) is 23.9 Å². The molecule has 1 aliphatic heterocycles. The van der Waals surface area contributed by atoms with Gasteiger partial charge in [0.05, 0.1) is 47.9 Å². The largest absolute Gasteiger partial charge is 0.496 e. The number of aromatic nitrogens is 3. The number of fused-ring (bicyclic) bond motifs is 1. The van der Waals surface area contributed by atoms with E-state index in [-0.39, 0.29) is 47.1 Å². The molecule has 0 unspecified atom stereocenters. The smallest absolute Gasteiger partial charge is 0.274 e. The third-order valence-corrected chi connectivity index (χ3v) is 7.71. The number of hydrogen-bond acceptors (Lipinski definition) is 8. The Bertz CT molecular complexity index is 1940. The van der Waals surface area contributed by atoms with Crippen LogP contribution in [0.15, 0.2) is 73.1 Å². The van der Waals surface area contributed by atoms with Gasteiger partial charge in [0.25, 0.3) is 5.91 Å². The molecule has 1 aliphatic rings. The summed E-state index contributed by atoms with van der Waals surface area (Å²) >= 11 is 0. The van der Waals surface area contributed by atoms with Gasteiger partial charge in [-0.05, 0) is 55.0 Å². The zero-order chi connectivity index (χ0) is 31.0. The highest BCUT2D eigenvalue weighted by Crippen LogP contribution is 2.40. The fraction of sp³-hybridized carbons (Fsp3) is 0.188. The normalized spacial score (nSPS) is 16.2. The molecule has 222 valence electrons. The summed E-state index contributed by atoms with van der Waals surface area (Å²) in [7, 11) is 1.40. The topological polar surface area (TPSA) is 142 Å². The van der Waals surface area contributed by atoms with Crippen LogP contribution >= 0.6 is 0 Å². The number of anilines is 2. The summed E-state index contributed by atoms with van der Waals surface area (Å²) in [5.41, 5.74) is 8.22. The molecule has 1 saturated heterocycles. The molecule has 0 saturated carbocycles. The van der Waals surface area contributed by atoms with Crippen molar-refractivity contribution in [1.29, 1.82) is 5.26 Å². The molecule has 2 aromatic heterocycles. The summed E-state index contributed by atoms with van der Waals surface area (Å²) in [4.78, 5) is 24.0. The number of nitriles is 1. The second-order valence-corrected chi connectivity index (χ2v) is 10.3. The van der Waals surface area contributed by atoms with Crippen LogP contribution in [0.1, 0.15) is 22.5 Å². The summed E-state index contributed by atoms with van der Waals surface area (Å²) in [6.45, 7) is 0.243. The van der Waals surface area contributed by atoms with E-state index >= 15 is 0 Å². The van der Waals surface area contributed by atoms with Crippen LogP contribution in [-0.2, 0) is 0 Å². The lowest BCUT2D eigenvalue weighted by atomic mass is 10.1. The van der Waals surface area contributed by atoms with Crippen molar-refractivity contribution in [3.8, 4) is 28.9 Å². The third kappa shape index (κ3) is 4.98. The molecule has 3 aromatic carbocycles. The molecule has 0 bridgehead atoms. The quantitative estimate of drug-likeness (QED) is 0.251. The molecule has 1 amide bonds. The summed E-state index contributed by atoms with van der Waals surface area (Å²) in [6.07, 6.45) is 3.61. The number of aliphatic hydroxyl groups is 1. The molecular formula is C32H27F2N7O3. The van der Waals surface area contributed by atoms with Crippen LogP contribution in [0.2, 0.25) is 0 Å². The third-order valence-electron chi connectivity index (χ3n) is 7.71. The summed E-state index contributed by atoms with van der Waals surface area (Å²) < 4.78 is 36.2. The molecule has 0 aliphatic carbocycles. The molecule has 0 spiro atoms. The van der Waals surface area contributed by atoms with E-state index < -0.39 is 17.5 Å². The molecule has 4 N–H and O–H groups in total. The van der Waals surface area contributed by atoms with Gasteiger partial charge in [-0.3, -0.25) is 4.79 Å². The van der Waals surface area contributed by atoms with E-state index in [1.54, 1.807) is 41.1 Å². The fourth-order valence-electron chi connectivity index (χ4n) is 5.73. The monoisotopic (exact) mass is 595 g/mol. The number of nitrogens with two attached hydrogens (primary N) is 1. The first-order valence-electron chi connectivity index (χ1n) is 13.8. The highest BCUT2D eigenvalue weighted by atomic mass is 19.1. The predicted octanol–water partition coefficient (Wildman–Crippen LogP) is 4.40. The Balaban J connectivity index is 1.45. The fourth-order valence-corrected chi connectivity index (χ4v) is 5.73. The highest BCUT2D eigenvalue weighted by molar-refractivity contribution is 6.09. The van der Waals surface area contributed by atoms with Crippen LogP contribution in [0.5, 0.6) is 5.75 Å². The highest BCUT2D eigenvalue weighted by Gasteiger charge is 2.33. The number of ether oxygens (including phenoxy) is 1. The van der Waals surface area contributed by atoms with E-state index in [0.717, 1.165) is 0 Å². The number of nitrogens with zero attached hydrogens (tertiary/aromatic N) is 5. The number of rotatable bonds is 7. The van der Waals surface area contributed by atoms with Gasteiger partial charge in [-0.1, -0.05) is 12.1 Å². The van der Waals surface area contributed by atoms with Gasteiger partial charge >= 0.3 is 0 Å². The van der Waals surface area contributed by atoms with Crippen molar-refractivity contribution in [2.45, 2.75) is 18.5 Å². The Kier molecular flexibility index (Phi) is 7.65. The van der Waals surface area contributed by atoms with E-state index in [2.05, 4.69) is 15.3 Å². The Hall–Kier alpha value is -5.38. The molecule has 12 heteroatoms. The molecule has 6 rings (SSSR count). The molecule has 44 heavy (non-hydrogen) atoms.